The Kier molecular flexibility index (Phi) is 12.6. The summed E-state index contributed by atoms with van der Waals surface area (Å²) in [5.74, 6) is -4.02. The molecule has 0 radical (unpaired) electrons. The minimum absolute atomic E-state index is 0.165. The number of carbonyl (C=O) groups is 6. The van der Waals surface area contributed by atoms with Gasteiger partial charge in [-0.1, -0.05) is 19.1 Å². The number of rotatable bonds is 15. The fourth-order valence-electron chi connectivity index (χ4n) is 2.41. The van der Waals surface area contributed by atoms with E-state index in [9.17, 15) is 28.8 Å². The average molecular weight is 510 g/mol. The maximum Gasteiger partial charge on any atom is 0.344 e. The van der Waals surface area contributed by atoms with Crippen LogP contribution in [-0.2, 0) is 47.6 Å². The molecule has 1 rings (SSSR count). The molecule has 12 nitrogen and oxygen atoms in total. The Morgan fingerprint density at radius 3 is 2.06 bits per heavy atom. The maximum absolute atomic E-state index is 12.7. The van der Waals surface area contributed by atoms with Gasteiger partial charge >= 0.3 is 29.8 Å². The molecule has 0 amide bonds. The van der Waals surface area contributed by atoms with Crippen LogP contribution in [0.5, 0.6) is 0 Å². The van der Waals surface area contributed by atoms with Gasteiger partial charge in [0.1, 0.15) is 19.8 Å². The summed E-state index contributed by atoms with van der Waals surface area (Å²) in [5, 5.41) is 0. The predicted molar refractivity (Wildman–Crippen MR) is 121 cm³/mol. The van der Waals surface area contributed by atoms with Crippen molar-refractivity contribution in [1.29, 1.82) is 0 Å². The van der Waals surface area contributed by atoms with Crippen LogP contribution in [0.1, 0.15) is 54.3 Å². The van der Waals surface area contributed by atoms with Crippen molar-refractivity contribution in [2.24, 2.45) is 5.41 Å². The smallest absolute Gasteiger partial charge is 0.344 e. The molecule has 1 atom stereocenters. The fourth-order valence-corrected chi connectivity index (χ4v) is 2.41. The van der Waals surface area contributed by atoms with E-state index in [0.717, 1.165) is 7.11 Å². The molecule has 12 heteroatoms. The molecule has 36 heavy (non-hydrogen) atoms. The summed E-state index contributed by atoms with van der Waals surface area (Å²) in [6, 6.07) is 5.56. The van der Waals surface area contributed by atoms with Crippen molar-refractivity contribution in [1.82, 2.24) is 0 Å². The van der Waals surface area contributed by atoms with Crippen LogP contribution in [0.15, 0.2) is 24.3 Å². The molecule has 0 aromatic heterocycles. The highest BCUT2D eigenvalue weighted by Gasteiger charge is 2.29. The third-order valence-corrected chi connectivity index (χ3v) is 4.94. The van der Waals surface area contributed by atoms with Crippen LogP contribution < -0.4 is 0 Å². The van der Waals surface area contributed by atoms with Crippen LogP contribution in [-0.4, -0.2) is 76.0 Å². The highest BCUT2D eigenvalue weighted by atomic mass is 16.6. The van der Waals surface area contributed by atoms with Gasteiger partial charge in [-0.05, 0) is 32.4 Å². The zero-order valence-electron chi connectivity index (χ0n) is 20.6. The van der Waals surface area contributed by atoms with E-state index in [1.165, 1.54) is 24.3 Å². The van der Waals surface area contributed by atoms with E-state index >= 15 is 0 Å². The average Bonchev–Trinajstić information content (AvgIpc) is 2.88. The van der Waals surface area contributed by atoms with Crippen molar-refractivity contribution in [3.63, 3.8) is 0 Å². The normalized spacial score (nSPS) is 11.4. The first-order valence-electron chi connectivity index (χ1n) is 11.0. The van der Waals surface area contributed by atoms with Gasteiger partial charge in [-0.3, -0.25) is 14.4 Å². The zero-order valence-corrected chi connectivity index (χ0v) is 20.6. The minimum Gasteiger partial charge on any atom is -0.467 e. The number of hydrogen-bond donors (Lipinski definition) is 0. The Labute approximate surface area is 208 Å². The van der Waals surface area contributed by atoms with E-state index in [1.807, 2.05) is 0 Å². The van der Waals surface area contributed by atoms with E-state index in [-0.39, 0.29) is 30.6 Å². The first-order valence-corrected chi connectivity index (χ1v) is 11.0. The number of ether oxygens (including phenoxy) is 6. The summed E-state index contributed by atoms with van der Waals surface area (Å²) in [6.45, 7) is 3.56. The van der Waals surface area contributed by atoms with Crippen molar-refractivity contribution in [2.45, 2.75) is 39.7 Å². The lowest BCUT2D eigenvalue weighted by Gasteiger charge is -2.23. The molecule has 0 heterocycles. The van der Waals surface area contributed by atoms with Crippen molar-refractivity contribution in [3.05, 3.63) is 35.4 Å². The minimum atomic E-state index is -1.17. The number of methoxy groups -OCH3 is 1. The molecule has 0 bridgehead atoms. The van der Waals surface area contributed by atoms with Gasteiger partial charge in [-0.15, -0.1) is 0 Å². The molecule has 0 aliphatic carbocycles. The second kappa shape index (κ2) is 15.1. The summed E-state index contributed by atoms with van der Waals surface area (Å²) in [6.07, 6.45) is -0.948. The second-order valence-corrected chi connectivity index (χ2v) is 7.96. The van der Waals surface area contributed by atoms with Gasteiger partial charge in [0.2, 0.25) is 0 Å². The monoisotopic (exact) mass is 510 g/mol. The van der Waals surface area contributed by atoms with Gasteiger partial charge < -0.3 is 28.4 Å². The Balaban J connectivity index is 2.89. The Morgan fingerprint density at radius 1 is 0.917 bits per heavy atom. The van der Waals surface area contributed by atoms with Gasteiger partial charge in [0, 0.05) is 0 Å². The lowest BCUT2D eigenvalue weighted by molar-refractivity contribution is -0.167. The second-order valence-electron chi connectivity index (χ2n) is 7.96. The van der Waals surface area contributed by atoms with Crippen LogP contribution in [0, 0.1) is 5.41 Å². The van der Waals surface area contributed by atoms with Crippen LogP contribution >= 0.6 is 0 Å². The van der Waals surface area contributed by atoms with Gasteiger partial charge in [-0.25, -0.2) is 14.4 Å². The van der Waals surface area contributed by atoms with Crippen molar-refractivity contribution in [3.8, 4) is 0 Å². The number of benzene rings is 1. The summed E-state index contributed by atoms with van der Waals surface area (Å²) in [4.78, 5) is 70.8. The predicted octanol–water partition coefficient (Wildman–Crippen LogP) is 1.63. The first kappa shape index (κ1) is 30.1. The standard InChI is InChI=1S/C24H30O12/c1-5-24(2,3)23(30)35-13-16(36-19(26)10-11-32-15-25)12-33-21(28)17-8-6-7-9-18(17)22(29)34-14-20(27)31-4/h6-9,15-16H,5,10-14H2,1-4H3. The lowest BCUT2D eigenvalue weighted by Crippen LogP contribution is -2.34. The summed E-state index contributed by atoms with van der Waals surface area (Å²) in [7, 11) is 1.13. The quantitative estimate of drug-likeness (QED) is 0.145. The van der Waals surface area contributed by atoms with Crippen LogP contribution in [0.4, 0.5) is 0 Å². The van der Waals surface area contributed by atoms with E-state index < -0.39 is 61.2 Å². The molecular formula is C24H30O12. The topological polar surface area (TPSA) is 158 Å². The number of esters is 5. The molecule has 1 aromatic carbocycles. The maximum atomic E-state index is 12.7. The van der Waals surface area contributed by atoms with Crippen molar-refractivity contribution in [2.75, 3.05) is 33.5 Å². The van der Waals surface area contributed by atoms with Gasteiger partial charge in [-0.2, -0.15) is 0 Å². The molecular weight excluding hydrogens is 480 g/mol. The Bertz CT molecular complexity index is 937. The van der Waals surface area contributed by atoms with Crippen molar-refractivity contribution >= 4 is 36.3 Å². The molecule has 0 fully saturated rings. The molecule has 0 saturated heterocycles. The van der Waals surface area contributed by atoms with Crippen LogP contribution in [0.2, 0.25) is 0 Å². The van der Waals surface area contributed by atoms with E-state index in [0.29, 0.717) is 6.42 Å². The molecule has 0 saturated carbocycles. The van der Waals surface area contributed by atoms with E-state index in [1.54, 1.807) is 20.8 Å². The Morgan fingerprint density at radius 2 is 1.50 bits per heavy atom. The highest BCUT2D eigenvalue weighted by Crippen LogP contribution is 2.21. The fraction of sp³-hybridized carbons (Fsp3) is 0.500. The molecule has 198 valence electrons. The molecule has 1 aromatic rings. The molecule has 1 unspecified atom stereocenters. The lowest BCUT2D eigenvalue weighted by atomic mass is 9.91. The largest absolute Gasteiger partial charge is 0.467 e. The third kappa shape index (κ3) is 10.1. The zero-order chi connectivity index (χ0) is 27.1. The molecule has 0 spiro atoms. The summed E-state index contributed by atoms with van der Waals surface area (Å²) < 4.78 is 29.3. The van der Waals surface area contributed by atoms with E-state index in [2.05, 4.69) is 9.47 Å². The molecule has 0 aliphatic rings. The van der Waals surface area contributed by atoms with Gasteiger partial charge in [0.05, 0.1) is 30.1 Å². The summed E-state index contributed by atoms with van der Waals surface area (Å²) >= 11 is 0. The first-order chi connectivity index (χ1) is 17.0. The SMILES string of the molecule is CCC(C)(C)C(=O)OCC(COC(=O)c1ccccc1C(=O)OCC(=O)OC)OC(=O)CCOC=O. The third-order valence-electron chi connectivity index (χ3n) is 4.94. The van der Waals surface area contributed by atoms with Crippen LogP contribution in [0.25, 0.3) is 0 Å². The van der Waals surface area contributed by atoms with Crippen molar-refractivity contribution < 1.29 is 57.2 Å². The van der Waals surface area contributed by atoms with Crippen LogP contribution in [0.3, 0.4) is 0 Å². The highest BCUT2D eigenvalue weighted by molar-refractivity contribution is 6.03. The number of carbonyl (C=O) groups excluding carboxylic acids is 6. The number of hydrogen-bond acceptors (Lipinski definition) is 12. The Hall–Kier alpha value is -3.96. The summed E-state index contributed by atoms with van der Waals surface area (Å²) in [5.41, 5.74) is -1.12. The van der Waals surface area contributed by atoms with Gasteiger partial charge in [0.15, 0.2) is 12.7 Å². The van der Waals surface area contributed by atoms with Gasteiger partial charge in [0.25, 0.3) is 6.47 Å². The van der Waals surface area contributed by atoms with E-state index in [4.69, 9.17) is 18.9 Å². The molecule has 0 N–H and O–H groups in total. The molecule has 0 aliphatic heterocycles.